The topological polar surface area (TPSA) is 61.4 Å². The van der Waals surface area contributed by atoms with Crippen molar-refractivity contribution in [3.8, 4) is 0 Å². The van der Waals surface area contributed by atoms with E-state index in [1.807, 2.05) is 24.1 Å². The van der Waals surface area contributed by atoms with Crippen LogP contribution in [-0.2, 0) is 4.79 Å². The Kier molecular flexibility index (Phi) is 9.46. The van der Waals surface area contributed by atoms with Gasteiger partial charge < -0.3 is 15.1 Å². The Morgan fingerprint density at radius 1 is 1.32 bits per heavy atom. The molecule has 6 nitrogen and oxygen atoms in total. The highest BCUT2D eigenvalue weighted by Crippen LogP contribution is 2.21. The molecule has 1 unspecified atom stereocenters. The predicted octanol–water partition coefficient (Wildman–Crippen LogP) is 2.14. The van der Waals surface area contributed by atoms with Gasteiger partial charge in [0.2, 0.25) is 5.91 Å². The van der Waals surface area contributed by atoms with Gasteiger partial charge in [0, 0.05) is 38.8 Å². The summed E-state index contributed by atoms with van der Waals surface area (Å²) in [6, 6.07) is 4.27. The van der Waals surface area contributed by atoms with Crippen LogP contribution in [0.1, 0.15) is 32.1 Å². The first-order chi connectivity index (χ1) is 11.2. The zero-order chi connectivity index (χ0) is 16.1. The first-order valence-electron chi connectivity index (χ1n) is 8.73. The summed E-state index contributed by atoms with van der Waals surface area (Å²) < 4.78 is 0. The first kappa shape index (κ1) is 21.9. The van der Waals surface area contributed by atoms with Crippen LogP contribution in [0, 0.1) is 5.92 Å². The maximum absolute atomic E-state index is 12.4. The number of anilines is 1. The largest absolute Gasteiger partial charge is 0.355 e. The van der Waals surface area contributed by atoms with Crippen molar-refractivity contribution >= 4 is 36.5 Å². The highest BCUT2D eigenvalue weighted by Gasteiger charge is 2.26. The van der Waals surface area contributed by atoms with Gasteiger partial charge in [-0.1, -0.05) is 0 Å². The number of aromatic nitrogens is 2. The van der Waals surface area contributed by atoms with Crippen LogP contribution in [0.25, 0.3) is 0 Å². The van der Waals surface area contributed by atoms with Crippen LogP contribution in [0.15, 0.2) is 18.3 Å². The van der Waals surface area contributed by atoms with Crippen LogP contribution in [0.3, 0.4) is 0 Å². The molecule has 8 heteroatoms. The number of hydrogen-bond donors (Lipinski definition) is 1. The third-order valence-electron chi connectivity index (χ3n) is 5.22. The highest BCUT2D eigenvalue weighted by molar-refractivity contribution is 5.85. The van der Waals surface area contributed by atoms with Crippen molar-refractivity contribution in [2.45, 2.75) is 38.1 Å². The van der Waals surface area contributed by atoms with Crippen LogP contribution in [-0.4, -0.2) is 60.3 Å². The lowest BCUT2D eigenvalue weighted by molar-refractivity contribution is -0.132. The molecular formula is C17H29Cl2N5O. The van der Waals surface area contributed by atoms with Gasteiger partial charge in [0.25, 0.3) is 0 Å². The smallest absolute Gasteiger partial charge is 0.222 e. The molecular weight excluding hydrogens is 361 g/mol. The molecule has 142 valence electrons. The number of carbonyl (C=O) groups is 1. The summed E-state index contributed by atoms with van der Waals surface area (Å²) in [5.41, 5.74) is 0. The monoisotopic (exact) mass is 389 g/mol. The number of piperidine rings is 1. The maximum Gasteiger partial charge on any atom is 0.222 e. The molecule has 25 heavy (non-hydrogen) atoms. The third kappa shape index (κ3) is 5.97. The Balaban J connectivity index is 0.00000156. The van der Waals surface area contributed by atoms with E-state index in [4.69, 9.17) is 0 Å². The quantitative estimate of drug-likeness (QED) is 0.835. The van der Waals surface area contributed by atoms with Crippen molar-refractivity contribution in [3.05, 3.63) is 18.3 Å². The zero-order valence-electron chi connectivity index (χ0n) is 14.8. The van der Waals surface area contributed by atoms with E-state index in [1.165, 1.54) is 6.42 Å². The third-order valence-corrected chi connectivity index (χ3v) is 5.22. The van der Waals surface area contributed by atoms with Crippen LogP contribution < -0.4 is 10.2 Å². The molecule has 0 aliphatic carbocycles. The molecule has 3 heterocycles. The molecule has 2 saturated heterocycles. The Labute approximate surface area is 162 Å². The van der Waals surface area contributed by atoms with Crippen molar-refractivity contribution in [1.82, 2.24) is 20.4 Å². The molecule has 2 aliphatic rings. The lowest BCUT2D eigenvalue weighted by Crippen LogP contribution is -2.46. The van der Waals surface area contributed by atoms with Crippen molar-refractivity contribution in [2.75, 3.05) is 38.1 Å². The van der Waals surface area contributed by atoms with E-state index in [9.17, 15) is 4.79 Å². The number of nitrogens with zero attached hydrogens (tertiary/aromatic N) is 4. The highest BCUT2D eigenvalue weighted by atomic mass is 35.5. The van der Waals surface area contributed by atoms with Gasteiger partial charge in [0.05, 0.1) is 0 Å². The van der Waals surface area contributed by atoms with E-state index in [0.29, 0.717) is 24.3 Å². The number of rotatable bonds is 5. The summed E-state index contributed by atoms with van der Waals surface area (Å²) in [5, 5.41) is 11.5. The van der Waals surface area contributed by atoms with Gasteiger partial charge in [-0.25, -0.2) is 0 Å². The number of amides is 1. The molecule has 0 radical (unpaired) electrons. The van der Waals surface area contributed by atoms with Gasteiger partial charge in [-0.3, -0.25) is 4.79 Å². The summed E-state index contributed by atoms with van der Waals surface area (Å²) in [4.78, 5) is 16.7. The van der Waals surface area contributed by atoms with E-state index < -0.39 is 0 Å². The van der Waals surface area contributed by atoms with Crippen LogP contribution in [0.5, 0.6) is 0 Å². The number of carbonyl (C=O) groups excluding carboxylic acids is 1. The van der Waals surface area contributed by atoms with E-state index in [1.54, 1.807) is 6.20 Å². The molecule has 0 bridgehead atoms. The van der Waals surface area contributed by atoms with Crippen molar-refractivity contribution < 1.29 is 4.79 Å². The van der Waals surface area contributed by atoms with Gasteiger partial charge in [-0.15, -0.1) is 29.9 Å². The fourth-order valence-corrected chi connectivity index (χ4v) is 3.61. The predicted molar refractivity (Wildman–Crippen MR) is 105 cm³/mol. The number of halogens is 2. The SMILES string of the molecule is CN(C(=O)CCC1CCNC1)C1CCN(c2cccnn2)CC1.Cl.Cl. The van der Waals surface area contributed by atoms with E-state index in [-0.39, 0.29) is 24.8 Å². The van der Waals surface area contributed by atoms with Crippen LogP contribution in [0.4, 0.5) is 5.82 Å². The standard InChI is InChI=1S/C17H27N5O.2ClH/c1-21(17(23)5-4-14-6-10-18-13-14)15-7-11-22(12-8-15)16-3-2-9-19-20-16;;/h2-3,9,14-15,18H,4-8,10-13H2,1H3;2*1H. The zero-order valence-corrected chi connectivity index (χ0v) is 16.4. The molecule has 0 saturated carbocycles. The number of nitrogens with one attached hydrogen (secondary N) is 1. The molecule has 1 amide bonds. The Bertz CT molecular complexity index is 505. The lowest BCUT2D eigenvalue weighted by Gasteiger charge is -2.37. The summed E-state index contributed by atoms with van der Waals surface area (Å²) >= 11 is 0. The van der Waals surface area contributed by atoms with Crippen molar-refractivity contribution in [1.29, 1.82) is 0 Å². The maximum atomic E-state index is 12.4. The summed E-state index contributed by atoms with van der Waals surface area (Å²) in [6.45, 7) is 4.06. The molecule has 1 atom stereocenters. The summed E-state index contributed by atoms with van der Waals surface area (Å²) in [6.07, 6.45) is 6.63. The van der Waals surface area contributed by atoms with Gasteiger partial charge >= 0.3 is 0 Å². The Morgan fingerprint density at radius 3 is 2.68 bits per heavy atom. The minimum atomic E-state index is 0. The van der Waals surface area contributed by atoms with Gasteiger partial charge in [-0.2, -0.15) is 5.10 Å². The molecule has 3 rings (SSSR count). The average molecular weight is 390 g/mol. The second-order valence-electron chi connectivity index (χ2n) is 6.70. The van der Waals surface area contributed by atoms with Gasteiger partial charge in [0.1, 0.15) is 0 Å². The normalized spacial score (nSPS) is 20.5. The fraction of sp³-hybridized carbons (Fsp3) is 0.706. The summed E-state index contributed by atoms with van der Waals surface area (Å²) in [7, 11) is 1.97. The molecule has 1 aromatic rings. The Morgan fingerprint density at radius 2 is 2.08 bits per heavy atom. The van der Waals surface area contributed by atoms with E-state index in [0.717, 1.165) is 51.3 Å². The molecule has 2 fully saturated rings. The second kappa shape index (κ2) is 10.8. The lowest BCUT2D eigenvalue weighted by atomic mass is 10.00. The fourth-order valence-electron chi connectivity index (χ4n) is 3.61. The number of hydrogen-bond acceptors (Lipinski definition) is 5. The minimum Gasteiger partial charge on any atom is -0.355 e. The van der Waals surface area contributed by atoms with E-state index >= 15 is 0 Å². The molecule has 0 aromatic carbocycles. The van der Waals surface area contributed by atoms with Crippen molar-refractivity contribution in [3.63, 3.8) is 0 Å². The van der Waals surface area contributed by atoms with Gasteiger partial charge in [0.15, 0.2) is 5.82 Å². The molecule has 1 aromatic heterocycles. The van der Waals surface area contributed by atoms with Gasteiger partial charge in [-0.05, 0) is 56.8 Å². The Hall–Kier alpha value is -1.11. The van der Waals surface area contributed by atoms with Crippen LogP contribution in [0.2, 0.25) is 0 Å². The molecule has 2 aliphatic heterocycles. The minimum absolute atomic E-state index is 0. The first-order valence-corrected chi connectivity index (χ1v) is 8.73. The second-order valence-corrected chi connectivity index (χ2v) is 6.70. The molecule has 0 spiro atoms. The average Bonchev–Trinajstić information content (AvgIpc) is 3.13. The summed E-state index contributed by atoms with van der Waals surface area (Å²) in [5.74, 6) is 1.93. The van der Waals surface area contributed by atoms with E-state index in [2.05, 4.69) is 20.4 Å². The molecule has 1 N–H and O–H groups in total. The van der Waals surface area contributed by atoms with Crippen LogP contribution >= 0.6 is 24.8 Å². The van der Waals surface area contributed by atoms with Crippen molar-refractivity contribution in [2.24, 2.45) is 5.92 Å².